The first-order valence-corrected chi connectivity index (χ1v) is 9.12. The van der Waals surface area contributed by atoms with Gasteiger partial charge in [-0.15, -0.1) is 0 Å². The van der Waals surface area contributed by atoms with Crippen molar-refractivity contribution in [2.75, 3.05) is 19.6 Å². The lowest BCUT2D eigenvalue weighted by molar-refractivity contribution is -0.141. The van der Waals surface area contributed by atoms with Gasteiger partial charge in [-0.1, -0.05) is 6.07 Å². The van der Waals surface area contributed by atoms with E-state index in [0.717, 1.165) is 51.0 Å². The van der Waals surface area contributed by atoms with Crippen LogP contribution in [0.3, 0.4) is 0 Å². The van der Waals surface area contributed by atoms with Crippen molar-refractivity contribution in [1.82, 2.24) is 14.8 Å². The molecule has 2 saturated heterocycles. The highest BCUT2D eigenvalue weighted by Gasteiger charge is 2.34. The molecule has 2 fully saturated rings. The van der Waals surface area contributed by atoms with Crippen LogP contribution in [-0.2, 0) is 4.79 Å². The lowest BCUT2D eigenvalue weighted by atomic mass is 9.91. The van der Waals surface area contributed by atoms with Gasteiger partial charge < -0.3 is 9.80 Å². The normalized spacial score (nSPS) is 24.1. The van der Waals surface area contributed by atoms with E-state index in [9.17, 15) is 4.79 Å². The Hall–Kier alpha value is -1.42. The summed E-state index contributed by atoms with van der Waals surface area (Å²) in [6.45, 7) is 7.48. The average molecular weight is 315 g/mol. The number of carbonyl (C=O) groups is 1. The number of hydrogen-bond donors (Lipinski definition) is 0. The summed E-state index contributed by atoms with van der Waals surface area (Å²) >= 11 is 0. The summed E-state index contributed by atoms with van der Waals surface area (Å²) in [6, 6.07) is 6.81. The van der Waals surface area contributed by atoms with Crippen LogP contribution in [0.2, 0.25) is 0 Å². The zero-order chi connectivity index (χ0) is 16.2. The first-order chi connectivity index (χ1) is 11.2. The van der Waals surface area contributed by atoms with Gasteiger partial charge in [0.1, 0.15) is 0 Å². The number of likely N-dealkylation sites (tertiary alicyclic amines) is 2. The van der Waals surface area contributed by atoms with E-state index in [2.05, 4.69) is 34.7 Å². The van der Waals surface area contributed by atoms with Crippen LogP contribution in [0.5, 0.6) is 0 Å². The van der Waals surface area contributed by atoms with Crippen LogP contribution in [0, 0.1) is 5.92 Å². The zero-order valence-corrected chi connectivity index (χ0v) is 14.4. The first kappa shape index (κ1) is 16.4. The minimum atomic E-state index is 0.181. The molecule has 23 heavy (non-hydrogen) atoms. The zero-order valence-electron chi connectivity index (χ0n) is 14.4. The number of carbonyl (C=O) groups excluding carboxylic acids is 1. The Morgan fingerprint density at radius 3 is 2.57 bits per heavy atom. The van der Waals surface area contributed by atoms with Crippen molar-refractivity contribution in [3.8, 4) is 0 Å². The number of nitrogens with zero attached hydrogens (tertiary/aromatic N) is 3. The monoisotopic (exact) mass is 315 g/mol. The molecular weight excluding hydrogens is 286 g/mol. The lowest BCUT2D eigenvalue weighted by Crippen LogP contribution is -2.46. The summed E-state index contributed by atoms with van der Waals surface area (Å²) in [5, 5.41) is 0. The molecule has 4 nitrogen and oxygen atoms in total. The molecule has 0 bridgehead atoms. The standard InChI is InChI=1S/C19H29N3O/c1-15(2)21-13-9-16(10-14-21)19(23)22-12-6-4-8-18(22)17-7-3-5-11-20-17/h3,5,7,11,15-16,18H,4,6,8-10,12-14H2,1-2H3/t18-/m0/s1. The maximum atomic E-state index is 13.1. The van der Waals surface area contributed by atoms with Gasteiger partial charge in [-0.25, -0.2) is 0 Å². The van der Waals surface area contributed by atoms with Crippen LogP contribution < -0.4 is 0 Å². The Morgan fingerprint density at radius 2 is 1.91 bits per heavy atom. The summed E-state index contributed by atoms with van der Waals surface area (Å²) < 4.78 is 0. The second kappa shape index (κ2) is 7.43. The summed E-state index contributed by atoms with van der Waals surface area (Å²) in [6.07, 6.45) is 7.21. The van der Waals surface area contributed by atoms with E-state index in [4.69, 9.17) is 0 Å². The van der Waals surface area contributed by atoms with Crippen molar-refractivity contribution >= 4 is 5.91 Å². The molecule has 1 amide bonds. The topological polar surface area (TPSA) is 36.4 Å². The third-order valence-corrected chi connectivity index (χ3v) is 5.42. The SMILES string of the molecule is CC(C)N1CCC(C(=O)N2CCCC[C@H]2c2ccccn2)CC1. The molecule has 0 radical (unpaired) electrons. The van der Waals surface area contributed by atoms with E-state index in [-0.39, 0.29) is 12.0 Å². The predicted octanol–water partition coefficient (Wildman–Crippen LogP) is 3.26. The van der Waals surface area contributed by atoms with Crippen molar-refractivity contribution in [1.29, 1.82) is 0 Å². The summed E-state index contributed by atoms with van der Waals surface area (Å²) in [7, 11) is 0. The Kier molecular flexibility index (Phi) is 5.31. The maximum Gasteiger partial charge on any atom is 0.226 e. The molecule has 3 heterocycles. The summed E-state index contributed by atoms with van der Waals surface area (Å²) in [4.78, 5) is 22.2. The molecule has 0 aromatic carbocycles. The van der Waals surface area contributed by atoms with Gasteiger partial charge in [0.05, 0.1) is 11.7 Å². The second-order valence-corrected chi connectivity index (χ2v) is 7.20. The van der Waals surface area contributed by atoms with Crippen molar-refractivity contribution in [3.05, 3.63) is 30.1 Å². The van der Waals surface area contributed by atoms with Gasteiger partial charge in [-0.2, -0.15) is 0 Å². The molecule has 126 valence electrons. The van der Waals surface area contributed by atoms with Crippen LogP contribution in [0.15, 0.2) is 24.4 Å². The Balaban J connectivity index is 1.68. The first-order valence-electron chi connectivity index (χ1n) is 9.12. The third kappa shape index (κ3) is 3.74. The van der Waals surface area contributed by atoms with Gasteiger partial charge >= 0.3 is 0 Å². The van der Waals surface area contributed by atoms with Gasteiger partial charge in [0.25, 0.3) is 0 Å². The second-order valence-electron chi connectivity index (χ2n) is 7.20. The molecule has 4 heteroatoms. The lowest BCUT2D eigenvalue weighted by Gasteiger charge is -2.40. The average Bonchev–Trinajstić information content (AvgIpc) is 2.62. The quantitative estimate of drug-likeness (QED) is 0.859. The Morgan fingerprint density at radius 1 is 1.13 bits per heavy atom. The van der Waals surface area contributed by atoms with Crippen LogP contribution in [0.1, 0.15) is 57.7 Å². The molecule has 1 atom stereocenters. The summed E-state index contributed by atoms with van der Waals surface area (Å²) in [5.41, 5.74) is 1.06. The molecule has 0 unspecified atom stereocenters. The minimum Gasteiger partial charge on any atom is -0.334 e. The number of hydrogen-bond acceptors (Lipinski definition) is 3. The highest BCUT2D eigenvalue weighted by atomic mass is 16.2. The number of pyridine rings is 1. The fourth-order valence-electron chi connectivity index (χ4n) is 3.97. The number of piperidine rings is 2. The van der Waals surface area contributed by atoms with E-state index >= 15 is 0 Å². The fraction of sp³-hybridized carbons (Fsp3) is 0.684. The highest BCUT2D eigenvalue weighted by Crippen LogP contribution is 2.32. The van der Waals surface area contributed by atoms with Gasteiger partial charge in [0.2, 0.25) is 5.91 Å². The predicted molar refractivity (Wildman–Crippen MR) is 92.0 cm³/mol. The van der Waals surface area contributed by atoms with Crippen molar-refractivity contribution in [2.24, 2.45) is 5.92 Å². The van der Waals surface area contributed by atoms with E-state index in [0.29, 0.717) is 11.9 Å². The third-order valence-electron chi connectivity index (χ3n) is 5.42. The van der Waals surface area contributed by atoms with Gasteiger partial charge in [0, 0.05) is 24.7 Å². The van der Waals surface area contributed by atoms with Crippen LogP contribution >= 0.6 is 0 Å². The molecular formula is C19H29N3O. The van der Waals surface area contributed by atoms with Crippen LogP contribution in [0.4, 0.5) is 0 Å². The molecule has 0 aliphatic carbocycles. The van der Waals surface area contributed by atoms with Crippen LogP contribution in [0.25, 0.3) is 0 Å². The fourth-order valence-corrected chi connectivity index (χ4v) is 3.97. The van der Waals surface area contributed by atoms with E-state index in [1.54, 1.807) is 0 Å². The molecule has 0 spiro atoms. The smallest absolute Gasteiger partial charge is 0.226 e. The largest absolute Gasteiger partial charge is 0.334 e. The number of rotatable bonds is 3. The summed E-state index contributed by atoms with van der Waals surface area (Å²) in [5.74, 6) is 0.568. The molecule has 0 N–H and O–H groups in total. The number of amides is 1. The van der Waals surface area contributed by atoms with Crippen molar-refractivity contribution in [2.45, 2.75) is 58.0 Å². The van der Waals surface area contributed by atoms with E-state index < -0.39 is 0 Å². The Labute approximate surface area is 139 Å². The van der Waals surface area contributed by atoms with Crippen molar-refractivity contribution < 1.29 is 4.79 Å². The van der Waals surface area contributed by atoms with E-state index in [1.165, 1.54) is 6.42 Å². The molecule has 1 aromatic rings. The highest BCUT2D eigenvalue weighted by molar-refractivity contribution is 5.79. The van der Waals surface area contributed by atoms with Gasteiger partial charge in [-0.3, -0.25) is 9.78 Å². The molecule has 2 aliphatic rings. The molecule has 1 aromatic heterocycles. The van der Waals surface area contributed by atoms with Crippen molar-refractivity contribution in [3.63, 3.8) is 0 Å². The van der Waals surface area contributed by atoms with Gasteiger partial charge in [0.15, 0.2) is 0 Å². The minimum absolute atomic E-state index is 0.181. The molecule has 3 rings (SSSR count). The Bertz CT molecular complexity index is 509. The van der Waals surface area contributed by atoms with Crippen LogP contribution in [-0.4, -0.2) is 46.4 Å². The number of aromatic nitrogens is 1. The maximum absolute atomic E-state index is 13.1. The molecule has 0 saturated carbocycles. The molecule has 2 aliphatic heterocycles. The van der Waals surface area contributed by atoms with Gasteiger partial charge in [-0.05, 0) is 71.2 Å². The van der Waals surface area contributed by atoms with E-state index in [1.807, 2.05) is 18.3 Å².